The molecule has 226 valence electrons. The Labute approximate surface area is 252 Å². The minimum absolute atomic E-state index is 0.369. The molecular formula is C37H48O5. The Morgan fingerprint density at radius 3 is 1.26 bits per heavy atom. The van der Waals surface area contributed by atoms with E-state index in [0.717, 1.165) is 17.7 Å². The van der Waals surface area contributed by atoms with Crippen LogP contribution in [0, 0.1) is 6.92 Å². The summed E-state index contributed by atoms with van der Waals surface area (Å²) in [6.07, 6.45) is 18.7. The quantitative estimate of drug-likeness (QED) is 0.0765. The fraction of sp³-hybridized carbons (Fsp3) is 0.459. The van der Waals surface area contributed by atoms with E-state index in [9.17, 15) is 9.59 Å². The van der Waals surface area contributed by atoms with Crippen LogP contribution in [0.25, 0.3) is 0 Å². The Balaban J connectivity index is 1.24. The Kier molecular flexibility index (Phi) is 15.3. The molecule has 0 aliphatic carbocycles. The summed E-state index contributed by atoms with van der Waals surface area (Å²) >= 11 is 0. The Hall–Kier alpha value is -3.60. The van der Waals surface area contributed by atoms with Gasteiger partial charge in [-0.25, -0.2) is 9.59 Å². The Morgan fingerprint density at radius 1 is 0.476 bits per heavy atom. The van der Waals surface area contributed by atoms with Crippen molar-refractivity contribution in [3.63, 3.8) is 0 Å². The summed E-state index contributed by atoms with van der Waals surface area (Å²) in [4.78, 5) is 24.8. The molecule has 0 bridgehead atoms. The van der Waals surface area contributed by atoms with Crippen LogP contribution in [-0.2, 0) is 0 Å². The lowest BCUT2D eigenvalue weighted by molar-refractivity contribution is 0.0719. The zero-order chi connectivity index (χ0) is 29.8. The first-order valence-corrected chi connectivity index (χ1v) is 15.9. The van der Waals surface area contributed by atoms with Gasteiger partial charge in [0.25, 0.3) is 0 Å². The third kappa shape index (κ3) is 12.9. The topological polar surface area (TPSA) is 61.8 Å². The van der Waals surface area contributed by atoms with Gasteiger partial charge in [-0.3, -0.25) is 0 Å². The zero-order valence-electron chi connectivity index (χ0n) is 25.6. The van der Waals surface area contributed by atoms with E-state index in [1.165, 1.54) is 83.5 Å². The molecule has 0 aliphatic rings. The van der Waals surface area contributed by atoms with Crippen LogP contribution in [0.5, 0.6) is 17.2 Å². The molecule has 0 spiro atoms. The van der Waals surface area contributed by atoms with Crippen LogP contribution in [0.1, 0.15) is 123 Å². The Bertz CT molecular complexity index is 1170. The van der Waals surface area contributed by atoms with Crippen LogP contribution in [0.4, 0.5) is 0 Å². The molecule has 42 heavy (non-hydrogen) atoms. The molecular weight excluding hydrogens is 524 g/mol. The van der Waals surface area contributed by atoms with E-state index in [1.54, 1.807) is 60.7 Å². The number of hydrogen-bond donors (Lipinski definition) is 0. The summed E-state index contributed by atoms with van der Waals surface area (Å²) < 4.78 is 16.7. The SMILES string of the molecule is CCCCCCCCCCCCCCCCOc1ccc(C(=O)Oc2ccc(OC(=O)c3ccc(C)cc3)cc2)cc1. The van der Waals surface area contributed by atoms with Crippen molar-refractivity contribution in [3.05, 3.63) is 89.5 Å². The maximum absolute atomic E-state index is 12.6. The molecule has 0 saturated carbocycles. The van der Waals surface area contributed by atoms with E-state index in [1.807, 2.05) is 19.1 Å². The number of rotatable bonds is 20. The average Bonchev–Trinajstić information content (AvgIpc) is 3.00. The standard InChI is InChI=1S/C37H48O5/c1-3-4-5-6-7-8-9-10-11-12-13-14-15-16-29-40-33-23-21-32(22-24-33)37(39)42-35-27-25-34(26-28-35)41-36(38)31-19-17-30(2)18-20-31/h17-28H,3-16,29H2,1-2H3. The summed E-state index contributed by atoms with van der Waals surface area (Å²) in [5.41, 5.74) is 1.98. The number of hydrogen-bond acceptors (Lipinski definition) is 5. The minimum atomic E-state index is -0.460. The largest absolute Gasteiger partial charge is 0.494 e. The average molecular weight is 573 g/mol. The van der Waals surface area contributed by atoms with Gasteiger partial charge in [0.2, 0.25) is 0 Å². The highest BCUT2D eigenvalue weighted by atomic mass is 16.5. The molecule has 3 rings (SSSR count). The molecule has 0 unspecified atom stereocenters. The van der Waals surface area contributed by atoms with Gasteiger partial charge in [0, 0.05) is 0 Å². The van der Waals surface area contributed by atoms with Gasteiger partial charge in [0.15, 0.2) is 0 Å². The normalized spacial score (nSPS) is 10.8. The predicted octanol–water partition coefficient (Wildman–Crippen LogP) is 10.3. The maximum atomic E-state index is 12.6. The number of benzene rings is 3. The molecule has 0 radical (unpaired) electrons. The second-order valence-corrected chi connectivity index (χ2v) is 11.1. The number of unbranched alkanes of at least 4 members (excludes halogenated alkanes) is 13. The highest BCUT2D eigenvalue weighted by molar-refractivity contribution is 5.92. The van der Waals surface area contributed by atoms with Gasteiger partial charge in [0.1, 0.15) is 17.2 Å². The van der Waals surface area contributed by atoms with E-state index >= 15 is 0 Å². The fourth-order valence-corrected chi connectivity index (χ4v) is 4.77. The molecule has 0 fully saturated rings. The third-order valence-corrected chi connectivity index (χ3v) is 7.39. The lowest BCUT2D eigenvalue weighted by Crippen LogP contribution is -2.09. The first-order chi connectivity index (χ1) is 20.5. The number of carbonyl (C=O) groups excluding carboxylic acids is 2. The third-order valence-electron chi connectivity index (χ3n) is 7.39. The Morgan fingerprint density at radius 2 is 0.833 bits per heavy atom. The van der Waals surface area contributed by atoms with E-state index < -0.39 is 11.9 Å². The van der Waals surface area contributed by atoms with Crippen molar-refractivity contribution in [1.29, 1.82) is 0 Å². The molecule has 0 aromatic heterocycles. The van der Waals surface area contributed by atoms with E-state index in [-0.39, 0.29) is 0 Å². The molecule has 5 heteroatoms. The van der Waals surface area contributed by atoms with Gasteiger partial charge in [-0.15, -0.1) is 0 Å². The van der Waals surface area contributed by atoms with Crippen LogP contribution in [0.3, 0.4) is 0 Å². The summed E-state index contributed by atoms with van der Waals surface area (Å²) in [5.74, 6) is 0.597. The van der Waals surface area contributed by atoms with Gasteiger partial charge in [-0.05, 0) is 74.0 Å². The molecule has 3 aromatic rings. The molecule has 5 nitrogen and oxygen atoms in total. The van der Waals surface area contributed by atoms with Gasteiger partial charge in [-0.2, -0.15) is 0 Å². The monoisotopic (exact) mass is 572 g/mol. The van der Waals surface area contributed by atoms with Crippen molar-refractivity contribution in [2.75, 3.05) is 6.61 Å². The molecule has 3 aromatic carbocycles. The zero-order valence-corrected chi connectivity index (χ0v) is 25.6. The number of ether oxygens (including phenoxy) is 3. The fourth-order valence-electron chi connectivity index (χ4n) is 4.77. The van der Waals surface area contributed by atoms with Crippen molar-refractivity contribution in [2.24, 2.45) is 0 Å². The van der Waals surface area contributed by atoms with Crippen molar-refractivity contribution in [2.45, 2.75) is 104 Å². The van der Waals surface area contributed by atoms with Crippen molar-refractivity contribution in [3.8, 4) is 17.2 Å². The van der Waals surface area contributed by atoms with Crippen LogP contribution < -0.4 is 14.2 Å². The van der Waals surface area contributed by atoms with Crippen LogP contribution >= 0.6 is 0 Å². The molecule has 0 atom stereocenters. The van der Waals surface area contributed by atoms with Crippen LogP contribution in [0.2, 0.25) is 0 Å². The van der Waals surface area contributed by atoms with E-state index in [2.05, 4.69) is 6.92 Å². The molecule has 0 amide bonds. The van der Waals surface area contributed by atoms with Crippen LogP contribution in [-0.4, -0.2) is 18.5 Å². The first kappa shape index (κ1) is 32.9. The minimum Gasteiger partial charge on any atom is -0.494 e. The highest BCUT2D eigenvalue weighted by Gasteiger charge is 2.11. The second kappa shape index (κ2) is 19.5. The molecule has 0 saturated heterocycles. The number of carbonyl (C=O) groups is 2. The number of esters is 2. The van der Waals surface area contributed by atoms with Crippen LogP contribution in [0.15, 0.2) is 72.8 Å². The van der Waals surface area contributed by atoms with E-state index in [4.69, 9.17) is 14.2 Å². The smallest absolute Gasteiger partial charge is 0.343 e. The van der Waals surface area contributed by atoms with Crippen molar-refractivity contribution in [1.82, 2.24) is 0 Å². The second-order valence-electron chi connectivity index (χ2n) is 11.1. The summed E-state index contributed by atoms with van der Waals surface area (Å²) in [7, 11) is 0. The highest BCUT2D eigenvalue weighted by Crippen LogP contribution is 2.21. The van der Waals surface area contributed by atoms with Gasteiger partial charge in [0.05, 0.1) is 17.7 Å². The number of aryl methyl sites for hydroxylation is 1. The first-order valence-electron chi connectivity index (χ1n) is 15.9. The lowest BCUT2D eigenvalue weighted by Gasteiger charge is -2.09. The summed E-state index contributed by atoms with van der Waals surface area (Å²) in [6.45, 7) is 4.91. The van der Waals surface area contributed by atoms with E-state index in [0.29, 0.717) is 29.2 Å². The lowest BCUT2D eigenvalue weighted by atomic mass is 10.0. The van der Waals surface area contributed by atoms with Crippen molar-refractivity contribution < 1.29 is 23.8 Å². The molecule has 0 aliphatic heterocycles. The van der Waals surface area contributed by atoms with Gasteiger partial charge < -0.3 is 14.2 Å². The molecule has 0 N–H and O–H groups in total. The van der Waals surface area contributed by atoms with Gasteiger partial charge >= 0.3 is 11.9 Å². The van der Waals surface area contributed by atoms with Gasteiger partial charge in [-0.1, -0.05) is 108 Å². The summed E-state index contributed by atoms with van der Waals surface area (Å²) in [6, 6.07) is 20.6. The maximum Gasteiger partial charge on any atom is 0.343 e. The molecule has 0 heterocycles. The predicted molar refractivity (Wildman–Crippen MR) is 170 cm³/mol. The van der Waals surface area contributed by atoms with Crippen molar-refractivity contribution >= 4 is 11.9 Å². The summed E-state index contributed by atoms with van der Waals surface area (Å²) in [5, 5.41) is 0.